The summed E-state index contributed by atoms with van der Waals surface area (Å²) in [5, 5.41) is 0. The molecule has 0 amide bonds. The average molecular weight is 224 g/mol. The van der Waals surface area contributed by atoms with Gasteiger partial charge in [0.1, 0.15) is 6.10 Å². The largest absolute Gasteiger partial charge is 0.463 e. The van der Waals surface area contributed by atoms with Crippen molar-refractivity contribution in [1.82, 2.24) is 0 Å². The van der Waals surface area contributed by atoms with Crippen LogP contribution in [-0.2, 0) is 9.53 Å². The van der Waals surface area contributed by atoms with Crippen LogP contribution < -0.4 is 0 Å². The fourth-order valence-corrected chi connectivity index (χ4v) is 1.58. The second-order valence-electron chi connectivity index (χ2n) is 3.94. The summed E-state index contributed by atoms with van der Waals surface area (Å²) in [6.45, 7) is 7.15. The zero-order valence-corrected chi connectivity index (χ0v) is 10.6. The maximum Gasteiger partial charge on any atom is 0.302 e. The number of carbonyl (C=O) groups is 1. The van der Waals surface area contributed by atoms with E-state index in [0.717, 1.165) is 25.7 Å². The Kier molecular flexibility index (Phi) is 9.78. The van der Waals surface area contributed by atoms with Gasteiger partial charge in [-0.1, -0.05) is 38.2 Å². The summed E-state index contributed by atoms with van der Waals surface area (Å²) in [4.78, 5) is 10.8. The van der Waals surface area contributed by atoms with Gasteiger partial charge < -0.3 is 4.74 Å². The molecular weight excluding hydrogens is 200 g/mol. The zero-order chi connectivity index (χ0) is 12.2. The average Bonchev–Trinajstić information content (AvgIpc) is 2.25. The predicted molar refractivity (Wildman–Crippen MR) is 68.3 cm³/mol. The first-order valence-electron chi connectivity index (χ1n) is 6.15. The smallest absolute Gasteiger partial charge is 0.302 e. The van der Waals surface area contributed by atoms with Crippen molar-refractivity contribution in [3.05, 3.63) is 24.8 Å². The lowest BCUT2D eigenvalue weighted by molar-refractivity contribution is -0.146. The Morgan fingerprint density at radius 2 is 2.12 bits per heavy atom. The van der Waals surface area contributed by atoms with Gasteiger partial charge in [0.25, 0.3) is 0 Å². The van der Waals surface area contributed by atoms with E-state index in [1.54, 1.807) is 6.08 Å². The van der Waals surface area contributed by atoms with E-state index in [4.69, 9.17) is 4.74 Å². The van der Waals surface area contributed by atoms with Gasteiger partial charge in [-0.2, -0.15) is 0 Å². The molecule has 0 fully saturated rings. The van der Waals surface area contributed by atoms with Crippen molar-refractivity contribution >= 4 is 5.97 Å². The maximum atomic E-state index is 10.8. The van der Waals surface area contributed by atoms with Crippen LogP contribution in [0, 0.1) is 0 Å². The monoisotopic (exact) mass is 224 g/mol. The first-order valence-corrected chi connectivity index (χ1v) is 6.15. The highest BCUT2D eigenvalue weighted by molar-refractivity contribution is 5.66. The summed E-state index contributed by atoms with van der Waals surface area (Å²) < 4.78 is 5.18. The van der Waals surface area contributed by atoms with Crippen molar-refractivity contribution in [2.75, 3.05) is 0 Å². The van der Waals surface area contributed by atoms with Gasteiger partial charge in [0.2, 0.25) is 0 Å². The lowest BCUT2D eigenvalue weighted by atomic mass is 10.1. The minimum absolute atomic E-state index is 0.112. The first kappa shape index (κ1) is 14.9. The molecule has 2 nitrogen and oxygen atoms in total. The fourth-order valence-electron chi connectivity index (χ4n) is 1.58. The molecule has 0 aliphatic rings. The highest BCUT2D eigenvalue weighted by atomic mass is 16.5. The van der Waals surface area contributed by atoms with Crippen molar-refractivity contribution in [3.8, 4) is 0 Å². The number of allylic oxidation sites excluding steroid dienone is 3. The van der Waals surface area contributed by atoms with E-state index in [9.17, 15) is 4.79 Å². The van der Waals surface area contributed by atoms with Crippen LogP contribution in [0.15, 0.2) is 24.8 Å². The third kappa shape index (κ3) is 9.50. The third-order valence-electron chi connectivity index (χ3n) is 2.46. The van der Waals surface area contributed by atoms with Crippen LogP contribution in [0.5, 0.6) is 0 Å². The Labute approximate surface area is 99.4 Å². The zero-order valence-electron chi connectivity index (χ0n) is 10.6. The van der Waals surface area contributed by atoms with E-state index in [1.807, 2.05) is 6.08 Å². The summed E-state index contributed by atoms with van der Waals surface area (Å²) in [7, 11) is 0. The molecule has 0 aromatic carbocycles. The van der Waals surface area contributed by atoms with Gasteiger partial charge >= 0.3 is 5.97 Å². The standard InChI is InChI=1S/C14H24O2/c1-4-6-7-8-9-10-11-12-14(5-2)16-13(3)15/h4,6-7,14H,1,5,8-12H2,2-3H3. The molecule has 0 saturated heterocycles. The van der Waals surface area contributed by atoms with Gasteiger partial charge in [-0.3, -0.25) is 4.79 Å². The van der Waals surface area contributed by atoms with Crippen LogP contribution in [0.3, 0.4) is 0 Å². The van der Waals surface area contributed by atoms with Crippen molar-refractivity contribution in [2.45, 2.75) is 58.5 Å². The lowest BCUT2D eigenvalue weighted by Crippen LogP contribution is -2.14. The van der Waals surface area contributed by atoms with Crippen LogP contribution in [0.2, 0.25) is 0 Å². The summed E-state index contributed by atoms with van der Waals surface area (Å²) in [5.74, 6) is -0.166. The van der Waals surface area contributed by atoms with E-state index >= 15 is 0 Å². The van der Waals surface area contributed by atoms with Gasteiger partial charge in [0, 0.05) is 6.92 Å². The van der Waals surface area contributed by atoms with E-state index in [1.165, 1.54) is 19.8 Å². The Morgan fingerprint density at radius 1 is 1.38 bits per heavy atom. The number of rotatable bonds is 9. The van der Waals surface area contributed by atoms with Crippen molar-refractivity contribution in [3.63, 3.8) is 0 Å². The highest BCUT2D eigenvalue weighted by Crippen LogP contribution is 2.11. The molecule has 0 aromatic heterocycles. The molecule has 0 N–H and O–H groups in total. The van der Waals surface area contributed by atoms with Crippen LogP contribution in [0.25, 0.3) is 0 Å². The SMILES string of the molecule is C=CC=CCCCCCC(CC)OC(C)=O. The van der Waals surface area contributed by atoms with Crippen molar-refractivity contribution in [2.24, 2.45) is 0 Å². The van der Waals surface area contributed by atoms with Crippen LogP contribution in [0.1, 0.15) is 52.4 Å². The molecule has 1 unspecified atom stereocenters. The molecule has 0 aliphatic heterocycles. The number of unbranched alkanes of at least 4 members (excludes halogenated alkanes) is 3. The quantitative estimate of drug-likeness (QED) is 0.336. The number of ether oxygens (including phenoxy) is 1. The molecule has 1 atom stereocenters. The Hall–Kier alpha value is -1.05. The summed E-state index contributed by atoms with van der Waals surface area (Å²) >= 11 is 0. The van der Waals surface area contributed by atoms with E-state index in [-0.39, 0.29) is 12.1 Å². The predicted octanol–water partition coefficient (Wildman–Crippen LogP) is 4.02. The maximum absolute atomic E-state index is 10.8. The molecular formula is C14H24O2. The highest BCUT2D eigenvalue weighted by Gasteiger charge is 2.08. The Morgan fingerprint density at radius 3 is 2.69 bits per heavy atom. The minimum Gasteiger partial charge on any atom is -0.463 e. The Bertz CT molecular complexity index is 219. The number of hydrogen-bond acceptors (Lipinski definition) is 2. The molecule has 16 heavy (non-hydrogen) atoms. The first-order chi connectivity index (χ1) is 7.70. The Balaban J connectivity index is 3.44. The topological polar surface area (TPSA) is 26.3 Å². The molecule has 0 saturated carbocycles. The summed E-state index contributed by atoms with van der Waals surface area (Å²) in [5.41, 5.74) is 0. The summed E-state index contributed by atoms with van der Waals surface area (Å²) in [6.07, 6.45) is 12.6. The second kappa shape index (κ2) is 10.5. The molecule has 0 spiro atoms. The molecule has 0 bridgehead atoms. The van der Waals surface area contributed by atoms with Crippen molar-refractivity contribution < 1.29 is 9.53 Å². The molecule has 92 valence electrons. The second-order valence-corrected chi connectivity index (χ2v) is 3.94. The number of hydrogen-bond donors (Lipinski definition) is 0. The van der Waals surface area contributed by atoms with Crippen LogP contribution in [0.4, 0.5) is 0 Å². The molecule has 0 aromatic rings. The number of carbonyl (C=O) groups excluding carboxylic acids is 1. The van der Waals surface area contributed by atoms with Gasteiger partial charge in [-0.15, -0.1) is 0 Å². The number of esters is 1. The molecule has 2 heteroatoms. The lowest BCUT2D eigenvalue weighted by Gasteiger charge is -2.14. The van der Waals surface area contributed by atoms with Crippen LogP contribution >= 0.6 is 0 Å². The molecule has 0 aliphatic carbocycles. The summed E-state index contributed by atoms with van der Waals surface area (Å²) in [6, 6.07) is 0. The molecule has 0 rings (SSSR count). The minimum atomic E-state index is -0.166. The van der Waals surface area contributed by atoms with E-state index in [2.05, 4.69) is 19.6 Å². The fraction of sp³-hybridized carbons (Fsp3) is 0.643. The van der Waals surface area contributed by atoms with Gasteiger partial charge in [-0.25, -0.2) is 0 Å². The molecule has 0 heterocycles. The van der Waals surface area contributed by atoms with E-state index < -0.39 is 0 Å². The molecule has 0 radical (unpaired) electrons. The van der Waals surface area contributed by atoms with Gasteiger partial charge in [0.05, 0.1) is 0 Å². The van der Waals surface area contributed by atoms with Crippen LogP contribution in [-0.4, -0.2) is 12.1 Å². The van der Waals surface area contributed by atoms with Gasteiger partial charge in [-0.05, 0) is 32.1 Å². The van der Waals surface area contributed by atoms with Crippen molar-refractivity contribution in [1.29, 1.82) is 0 Å². The van der Waals surface area contributed by atoms with Gasteiger partial charge in [0.15, 0.2) is 0 Å². The normalized spacial score (nSPS) is 12.6. The van der Waals surface area contributed by atoms with E-state index in [0.29, 0.717) is 0 Å². The third-order valence-corrected chi connectivity index (χ3v) is 2.46.